The van der Waals surface area contributed by atoms with Gasteiger partial charge in [0.2, 0.25) is 0 Å². The molecule has 0 aromatic heterocycles. The van der Waals surface area contributed by atoms with Crippen LogP contribution in [0.25, 0.3) is 11.1 Å². The quantitative estimate of drug-likeness (QED) is 0.185. The Bertz CT molecular complexity index is 917. The molecule has 1 atom stereocenters. The van der Waals surface area contributed by atoms with Gasteiger partial charge in [-0.05, 0) is 73.3 Å². The number of nitriles is 1. The van der Waals surface area contributed by atoms with Crippen molar-refractivity contribution >= 4 is 0 Å². The highest BCUT2D eigenvalue weighted by molar-refractivity contribution is 5.64. The van der Waals surface area contributed by atoms with Gasteiger partial charge in [-0.15, -0.1) is 0 Å². The first kappa shape index (κ1) is 30.3. The molecule has 0 amide bonds. The average molecular weight is 516 g/mol. The number of nitrogens with zero attached hydrogens (tertiary/aromatic N) is 1. The smallest absolute Gasteiger partial charge is 0.119 e. The fraction of sp³-hybridized carbons (Fsp3) is 0.639. The first-order chi connectivity index (χ1) is 18.7. The maximum Gasteiger partial charge on any atom is 0.119 e. The van der Waals surface area contributed by atoms with Crippen LogP contribution in [0.15, 0.2) is 48.5 Å². The molecule has 0 bridgehead atoms. The summed E-state index contributed by atoms with van der Waals surface area (Å²) in [5.41, 5.74) is 3.94. The molecule has 0 heterocycles. The predicted molar refractivity (Wildman–Crippen MR) is 163 cm³/mol. The van der Waals surface area contributed by atoms with Crippen LogP contribution >= 0.6 is 0 Å². The molecule has 3 rings (SSSR count). The van der Waals surface area contributed by atoms with Crippen molar-refractivity contribution in [3.63, 3.8) is 0 Å². The molecule has 2 heteroatoms. The van der Waals surface area contributed by atoms with Crippen LogP contribution < -0.4 is 4.74 Å². The molecule has 1 aliphatic carbocycles. The fourth-order valence-corrected chi connectivity index (χ4v) is 6.20. The highest BCUT2D eigenvalue weighted by atomic mass is 16.5. The summed E-state index contributed by atoms with van der Waals surface area (Å²) in [5, 5.41) is 9.86. The molecule has 1 saturated carbocycles. The second-order valence-corrected chi connectivity index (χ2v) is 11.8. The molecule has 2 aromatic carbocycles. The predicted octanol–water partition coefficient (Wildman–Crippen LogP) is 11.4. The van der Waals surface area contributed by atoms with Crippen LogP contribution in [0.2, 0.25) is 0 Å². The molecule has 38 heavy (non-hydrogen) atoms. The highest BCUT2D eigenvalue weighted by Crippen LogP contribution is 2.41. The van der Waals surface area contributed by atoms with Gasteiger partial charge in [0, 0.05) is 0 Å². The topological polar surface area (TPSA) is 33.0 Å². The van der Waals surface area contributed by atoms with E-state index in [0.717, 1.165) is 38.0 Å². The van der Waals surface area contributed by atoms with Crippen LogP contribution in [-0.2, 0) is 0 Å². The third-order valence-corrected chi connectivity index (χ3v) is 8.75. The van der Waals surface area contributed by atoms with E-state index in [2.05, 4.69) is 68.4 Å². The van der Waals surface area contributed by atoms with Crippen molar-refractivity contribution in [3.05, 3.63) is 54.1 Å². The molecular formula is C36H53NO. The van der Waals surface area contributed by atoms with Crippen LogP contribution in [-0.4, -0.2) is 6.61 Å². The fourth-order valence-electron chi connectivity index (χ4n) is 6.20. The summed E-state index contributed by atoms with van der Waals surface area (Å²) >= 11 is 0. The first-order valence-corrected chi connectivity index (χ1v) is 15.9. The van der Waals surface area contributed by atoms with E-state index >= 15 is 0 Å². The van der Waals surface area contributed by atoms with Crippen molar-refractivity contribution in [2.45, 2.75) is 135 Å². The van der Waals surface area contributed by atoms with E-state index in [-0.39, 0.29) is 5.41 Å². The molecule has 0 radical (unpaired) electrons. The molecule has 2 aromatic rings. The van der Waals surface area contributed by atoms with Gasteiger partial charge in [-0.25, -0.2) is 0 Å². The van der Waals surface area contributed by atoms with Gasteiger partial charge in [-0.3, -0.25) is 0 Å². The molecule has 0 aliphatic heterocycles. The summed E-state index contributed by atoms with van der Waals surface area (Å²) < 4.78 is 5.99. The summed E-state index contributed by atoms with van der Waals surface area (Å²) in [6.45, 7) is 5.37. The van der Waals surface area contributed by atoms with Crippen molar-refractivity contribution in [1.29, 1.82) is 5.26 Å². The molecule has 1 fully saturated rings. The third-order valence-electron chi connectivity index (χ3n) is 8.75. The van der Waals surface area contributed by atoms with Gasteiger partial charge in [0.15, 0.2) is 0 Å². The summed E-state index contributed by atoms with van der Waals surface area (Å²) in [6.07, 6.45) is 22.4. The Morgan fingerprint density at radius 2 is 1.29 bits per heavy atom. The van der Waals surface area contributed by atoms with E-state index in [1.54, 1.807) is 0 Å². The number of ether oxygens (including phenoxy) is 1. The van der Waals surface area contributed by atoms with Gasteiger partial charge in [0.1, 0.15) is 5.75 Å². The maximum absolute atomic E-state index is 9.86. The Kier molecular flexibility index (Phi) is 13.8. The minimum absolute atomic E-state index is 0.0401. The normalized spacial score (nSPS) is 15.6. The Morgan fingerprint density at radius 3 is 1.92 bits per heavy atom. The van der Waals surface area contributed by atoms with Crippen molar-refractivity contribution in [2.24, 2.45) is 5.41 Å². The number of rotatable bonds is 18. The van der Waals surface area contributed by atoms with E-state index in [1.807, 2.05) is 0 Å². The lowest BCUT2D eigenvalue weighted by Crippen LogP contribution is -2.22. The summed E-state index contributed by atoms with van der Waals surface area (Å²) in [6, 6.07) is 20.6. The monoisotopic (exact) mass is 515 g/mol. The zero-order valence-electron chi connectivity index (χ0n) is 24.5. The van der Waals surface area contributed by atoms with Crippen molar-refractivity contribution in [3.8, 4) is 22.9 Å². The lowest BCUT2D eigenvalue weighted by molar-refractivity contribution is 0.239. The summed E-state index contributed by atoms with van der Waals surface area (Å²) in [4.78, 5) is 0. The second kappa shape index (κ2) is 17.3. The lowest BCUT2D eigenvalue weighted by Gasteiger charge is -2.31. The van der Waals surface area contributed by atoms with E-state index in [4.69, 9.17) is 4.74 Å². The Labute approximate surface area is 234 Å². The summed E-state index contributed by atoms with van der Waals surface area (Å²) in [5.74, 6) is 1.58. The number of benzene rings is 2. The van der Waals surface area contributed by atoms with Gasteiger partial charge in [0.05, 0.1) is 18.1 Å². The minimum atomic E-state index is -0.0401. The van der Waals surface area contributed by atoms with Gasteiger partial charge in [0.25, 0.3) is 0 Å². The van der Waals surface area contributed by atoms with Crippen LogP contribution in [0.5, 0.6) is 5.75 Å². The standard InChI is InChI=1S/C36H53NO/c1-3-5-7-8-9-10-14-29-38-35-24-22-34(23-25-35)33-20-18-32(19-21-33)31(16-6-4-2)17-15-28-36(30-37)26-12-11-13-27-36/h18-25,31H,3-17,26-29H2,1-2H3. The minimum Gasteiger partial charge on any atom is -0.494 e. The zero-order valence-corrected chi connectivity index (χ0v) is 24.5. The molecule has 1 aliphatic rings. The van der Waals surface area contributed by atoms with Crippen molar-refractivity contribution in [1.82, 2.24) is 0 Å². The van der Waals surface area contributed by atoms with Crippen LogP contribution in [0.1, 0.15) is 141 Å². The molecule has 0 N–H and O–H groups in total. The van der Waals surface area contributed by atoms with E-state index in [9.17, 15) is 5.26 Å². The Balaban J connectivity index is 1.48. The van der Waals surface area contributed by atoms with Gasteiger partial charge in [-0.2, -0.15) is 5.26 Å². The lowest BCUT2D eigenvalue weighted by atomic mass is 9.71. The number of unbranched alkanes of at least 4 members (excludes halogenated alkanes) is 7. The van der Waals surface area contributed by atoms with Crippen molar-refractivity contribution < 1.29 is 4.74 Å². The number of hydrogen-bond donors (Lipinski definition) is 0. The average Bonchev–Trinajstić information content (AvgIpc) is 2.97. The largest absolute Gasteiger partial charge is 0.494 e. The highest BCUT2D eigenvalue weighted by Gasteiger charge is 2.31. The first-order valence-electron chi connectivity index (χ1n) is 15.9. The second-order valence-electron chi connectivity index (χ2n) is 11.8. The van der Waals surface area contributed by atoms with E-state index in [0.29, 0.717) is 5.92 Å². The zero-order chi connectivity index (χ0) is 26.9. The SMILES string of the molecule is CCCCCCCCCOc1ccc(-c2ccc(C(CCCC)CCCC3(C#N)CCCCC3)cc2)cc1. The maximum atomic E-state index is 9.86. The molecule has 0 spiro atoms. The molecule has 1 unspecified atom stereocenters. The number of hydrogen-bond acceptors (Lipinski definition) is 2. The molecule has 208 valence electrons. The van der Waals surface area contributed by atoms with Gasteiger partial charge < -0.3 is 4.74 Å². The van der Waals surface area contributed by atoms with Crippen LogP contribution in [0.4, 0.5) is 0 Å². The molecule has 2 nitrogen and oxygen atoms in total. The Hall–Kier alpha value is -2.27. The molecular weight excluding hydrogens is 462 g/mol. The molecule has 0 saturated heterocycles. The third kappa shape index (κ3) is 10.1. The summed E-state index contributed by atoms with van der Waals surface area (Å²) in [7, 11) is 0. The van der Waals surface area contributed by atoms with E-state index in [1.165, 1.54) is 107 Å². The van der Waals surface area contributed by atoms with Crippen LogP contribution in [0, 0.1) is 16.7 Å². The van der Waals surface area contributed by atoms with Gasteiger partial charge >= 0.3 is 0 Å². The Morgan fingerprint density at radius 1 is 0.711 bits per heavy atom. The van der Waals surface area contributed by atoms with Crippen LogP contribution in [0.3, 0.4) is 0 Å². The van der Waals surface area contributed by atoms with E-state index < -0.39 is 0 Å². The van der Waals surface area contributed by atoms with Gasteiger partial charge in [-0.1, -0.05) is 127 Å². The van der Waals surface area contributed by atoms with Crippen molar-refractivity contribution in [2.75, 3.05) is 6.61 Å².